The zero-order valence-electron chi connectivity index (χ0n) is 7.36. The third-order valence-electron chi connectivity index (χ3n) is 2.90. The molecule has 2 aliphatic rings. The van der Waals surface area contributed by atoms with Crippen molar-refractivity contribution >= 4 is 28.8 Å². The third-order valence-corrected chi connectivity index (χ3v) is 3.20. The zero-order valence-corrected chi connectivity index (χ0v) is 8.12. The molecule has 4 nitrogen and oxygen atoms in total. The fourth-order valence-electron chi connectivity index (χ4n) is 2.16. The van der Waals surface area contributed by atoms with E-state index in [-0.39, 0.29) is 17.8 Å². The molecule has 1 saturated heterocycles. The Morgan fingerprint density at radius 1 is 1.14 bits per heavy atom. The molecule has 5 heteroatoms. The van der Waals surface area contributed by atoms with Crippen LogP contribution in [-0.4, -0.2) is 17.2 Å². The van der Waals surface area contributed by atoms with Crippen LogP contribution in [0.3, 0.4) is 0 Å². The Labute approximate surface area is 85.5 Å². The van der Waals surface area contributed by atoms with Crippen LogP contribution in [-0.2, 0) is 19.1 Å². The highest BCUT2D eigenvalue weighted by Gasteiger charge is 2.44. The fourth-order valence-corrected chi connectivity index (χ4v) is 2.33. The molecule has 14 heavy (non-hydrogen) atoms. The van der Waals surface area contributed by atoms with Gasteiger partial charge in [-0.15, -0.1) is 0 Å². The highest BCUT2D eigenvalue weighted by molar-refractivity contribution is 6.64. The van der Waals surface area contributed by atoms with E-state index < -0.39 is 17.2 Å². The van der Waals surface area contributed by atoms with Crippen LogP contribution in [0.2, 0.25) is 0 Å². The maximum Gasteiger partial charge on any atom is 0.316 e. The Morgan fingerprint density at radius 3 is 2.07 bits per heavy atom. The summed E-state index contributed by atoms with van der Waals surface area (Å²) >= 11 is 5.36. The van der Waals surface area contributed by atoms with E-state index >= 15 is 0 Å². The normalized spacial score (nSPS) is 36.5. The number of rotatable bonds is 1. The van der Waals surface area contributed by atoms with Gasteiger partial charge in [0.25, 0.3) is 0 Å². The third kappa shape index (κ3) is 1.54. The summed E-state index contributed by atoms with van der Waals surface area (Å²) in [5, 5.41) is -0.456. The number of esters is 2. The zero-order chi connectivity index (χ0) is 10.3. The molecule has 1 aliphatic carbocycles. The molecular formula is C9H9ClO4. The Morgan fingerprint density at radius 2 is 1.64 bits per heavy atom. The molecule has 0 amide bonds. The van der Waals surface area contributed by atoms with Crippen LogP contribution in [0.1, 0.15) is 19.3 Å². The highest BCUT2D eigenvalue weighted by atomic mass is 35.5. The van der Waals surface area contributed by atoms with Crippen molar-refractivity contribution < 1.29 is 19.1 Å². The van der Waals surface area contributed by atoms with E-state index in [1.54, 1.807) is 0 Å². The lowest BCUT2D eigenvalue weighted by atomic mass is 9.74. The van der Waals surface area contributed by atoms with Crippen LogP contribution < -0.4 is 0 Å². The minimum atomic E-state index is -0.506. The number of hydrogen-bond donors (Lipinski definition) is 0. The summed E-state index contributed by atoms with van der Waals surface area (Å²) in [5.74, 6) is -2.02. The average Bonchev–Trinajstić information content (AvgIpc) is 2.15. The van der Waals surface area contributed by atoms with Crippen molar-refractivity contribution in [2.24, 2.45) is 17.8 Å². The van der Waals surface area contributed by atoms with Crippen molar-refractivity contribution in [3.63, 3.8) is 0 Å². The molecule has 2 atom stereocenters. The summed E-state index contributed by atoms with van der Waals surface area (Å²) in [6.07, 6.45) is 1.36. The Bertz CT molecular complexity index is 290. The molecule has 2 bridgehead atoms. The molecule has 0 radical (unpaired) electrons. The lowest BCUT2D eigenvalue weighted by molar-refractivity contribution is -0.175. The molecule has 1 heterocycles. The second-order valence-electron chi connectivity index (χ2n) is 3.84. The number of halogens is 1. The van der Waals surface area contributed by atoms with E-state index in [0.717, 1.165) is 0 Å². The predicted octanol–water partition coefficient (Wildman–Crippen LogP) is 0.868. The molecule has 1 aliphatic heterocycles. The summed E-state index contributed by atoms with van der Waals surface area (Å²) in [6, 6.07) is 0. The number of fused-ring (bicyclic) bond motifs is 2. The van der Waals surface area contributed by atoms with E-state index in [2.05, 4.69) is 4.74 Å². The number of carbonyl (C=O) groups excluding carboxylic acids is 3. The van der Waals surface area contributed by atoms with Crippen LogP contribution in [0.25, 0.3) is 0 Å². The van der Waals surface area contributed by atoms with E-state index in [0.29, 0.717) is 19.3 Å². The minimum absolute atomic E-state index is 0.320. The topological polar surface area (TPSA) is 60.4 Å². The maximum atomic E-state index is 11.2. The van der Waals surface area contributed by atoms with Crippen molar-refractivity contribution in [1.82, 2.24) is 0 Å². The molecule has 0 aromatic heterocycles. The second-order valence-corrected chi connectivity index (χ2v) is 4.21. The molecule has 0 N–H and O–H groups in total. The smallest absolute Gasteiger partial charge is 0.316 e. The number of hydrogen-bond acceptors (Lipinski definition) is 4. The van der Waals surface area contributed by atoms with Crippen LogP contribution in [0, 0.1) is 17.8 Å². The quantitative estimate of drug-likeness (QED) is 0.371. The minimum Gasteiger partial charge on any atom is -0.393 e. The molecule has 0 spiro atoms. The Balaban J connectivity index is 2.17. The van der Waals surface area contributed by atoms with Gasteiger partial charge in [0.1, 0.15) is 0 Å². The summed E-state index contributed by atoms with van der Waals surface area (Å²) in [4.78, 5) is 33.3. The SMILES string of the molecule is O=C(Cl)C1CC2CC(C1)C(=O)OC2=O. The summed E-state index contributed by atoms with van der Waals surface area (Å²) in [7, 11) is 0. The van der Waals surface area contributed by atoms with Gasteiger partial charge in [0.05, 0.1) is 11.8 Å². The second kappa shape index (κ2) is 3.35. The van der Waals surface area contributed by atoms with Gasteiger partial charge in [0.15, 0.2) is 0 Å². The van der Waals surface area contributed by atoms with Crippen molar-refractivity contribution in [2.45, 2.75) is 19.3 Å². The van der Waals surface area contributed by atoms with Crippen molar-refractivity contribution in [3.8, 4) is 0 Å². The summed E-state index contributed by atoms with van der Waals surface area (Å²) < 4.78 is 4.55. The van der Waals surface area contributed by atoms with Crippen LogP contribution in [0.4, 0.5) is 0 Å². The van der Waals surface area contributed by atoms with Gasteiger partial charge in [-0.3, -0.25) is 14.4 Å². The van der Waals surface area contributed by atoms with Crippen molar-refractivity contribution in [3.05, 3.63) is 0 Å². The monoisotopic (exact) mass is 216 g/mol. The van der Waals surface area contributed by atoms with Crippen molar-refractivity contribution in [2.75, 3.05) is 0 Å². The maximum absolute atomic E-state index is 11.2. The highest BCUT2D eigenvalue weighted by Crippen LogP contribution is 2.39. The Kier molecular flexibility index (Phi) is 2.31. The van der Waals surface area contributed by atoms with Gasteiger partial charge < -0.3 is 4.74 Å². The average molecular weight is 217 g/mol. The molecule has 2 rings (SSSR count). The van der Waals surface area contributed by atoms with Crippen LogP contribution in [0.5, 0.6) is 0 Å². The molecule has 2 fully saturated rings. The standard InChI is InChI=1S/C9H9ClO4/c10-7(11)4-1-5-3-6(2-4)9(13)14-8(5)12/h4-6H,1-3H2. The summed E-state index contributed by atoms with van der Waals surface area (Å²) in [6.45, 7) is 0. The van der Waals surface area contributed by atoms with Gasteiger partial charge in [-0.1, -0.05) is 0 Å². The molecule has 0 aromatic rings. The van der Waals surface area contributed by atoms with E-state index in [1.807, 2.05) is 0 Å². The first-order chi connectivity index (χ1) is 6.58. The van der Waals surface area contributed by atoms with Gasteiger partial charge in [0.2, 0.25) is 5.24 Å². The van der Waals surface area contributed by atoms with Crippen LogP contribution in [0.15, 0.2) is 0 Å². The number of ether oxygens (including phenoxy) is 1. The van der Waals surface area contributed by atoms with E-state index in [4.69, 9.17) is 11.6 Å². The number of cyclic esters (lactones) is 2. The first-order valence-electron chi connectivity index (χ1n) is 4.53. The fraction of sp³-hybridized carbons (Fsp3) is 0.667. The molecule has 2 unspecified atom stereocenters. The van der Waals surface area contributed by atoms with Gasteiger partial charge in [-0.05, 0) is 30.9 Å². The van der Waals surface area contributed by atoms with Gasteiger partial charge >= 0.3 is 11.9 Å². The van der Waals surface area contributed by atoms with Crippen LogP contribution >= 0.6 is 11.6 Å². The van der Waals surface area contributed by atoms with Gasteiger partial charge in [0, 0.05) is 5.92 Å². The first kappa shape index (κ1) is 9.65. The predicted molar refractivity (Wildman–Crippen MR) is 46.3 cm³/mol. The first-order valence-corrected chi connectivity index (χ1v) is 4.90. The Hall–Kier alpha value is -0.900. The van der Waals surface area contributed by atoms with E-state index in [1.165, 1.54) is 0 Å². The molecule has 76 valence electrons. The largest absolute Gasteiger partial charge is 0.393 e. The molecule has 1 saturated carbocycles. The van der Waals surface area contributed by atoms with E-state index in [9.17, 15) is 14.4 Å². The lowest BCUT2D eigenvalue weighted by Crippen LogP contribution is -2.41. The van der Waals surface area contributed by atoms with Crippen molar-refractivity contribution in [1.29, 1.82) is 0 Å². The molecule has 0 aromatic carbocycles. The van der Waals surface area contributed by atoms with Gasteiger partial charge in [-0.25, -0.2) is 0 Å². The lowest BCUT2D eigenvalue weighted by Gasteiger charge is -2.34. The number of carbonyl (C=O) groups is 3. The molecular weight excluding hydrogens is 208 g/mol. The van der Waals surface area contributed by atoms with Gasteiger partial charge in [-0.2, -0.15) is 0 Å². The summed E-state index contributed by atoms with van der Waals surface area (Å²) in [5.41, 5.74) is 0.